The predicted molar refractivity (Wildman–Crippen MR) is 80.1 cm³/mol. The lowest BCUT2D eigenvalue weighted by molar-refractivity contribution is -0.141. The van der Waals surface area contributed by atoms with E-state index in [-0.39, 0.29) is 42.6 Å². The van der Waals surface area contributed by atoms with Gasteiger partial charge >= 0.3 is 0 Å². The first kappa shape index (κ1) is 15.9. The van der Waals surface area contributed by atoms with Gasteiger partial charge in [-0.25, -0.2) is 4.39 Å². The molecule has 0 spiro atoms. The van der Waals surface area contributed by atoms with Crippen LogP contribution in [0.4, 0.5) is 4.39 Å². The summed E-state index contributed by atoms with van der Waals surface area (Å²) in [6.45, 7) is -0.271. The number of para-hydroxylation sites is 1. The highest BCUT2D eigenvalue weighted by Crippen LogP contribution is 2.37. The Bertz CT molecular complexity index is 582. The number of benzene rings is 1. The van der Waals surface area contributed by atoms with Crippen LogP contribution in [0.1, 0.15) is 25.7 Å². The molecule has 2 fully saturated rings. The van der Waals surface area contributed by atoms with E-state index >= 15 is 0 Å². The lowest BCUT2D eigenvalue weighted by Gasteiger charge is -2.19. The van der Waals surface area contributed by atoms with Gasteiger partial charge in [-0.3, -0.25) is 14.5 Å². The van der Waals surface area contributed by atoms with Gasteiger partial charge in [0.2, 0.25) is 11.8 Å². The maximum absolute atomic E-state index is 13.4. The van der Waals surface area contributed by atoms with Gasteiger partial charge in [0.1, 0.15) is 12.7 Å². The van der Waals surface area contributed by atoms with Crippen molar-refractivity contribution in [2.75, 3.05) is 13.2 Å². The Morgan fingerprint density at radius 2 is 1.78 bits per heavy atom. The van der Waals surface area contributed by atoms with Gasteiger partial charge < -0.3 is 9.84 Å². The third-order valence-corrected chi connectivity index (χ3v) is 4.59. The molecule has 0 aromatic heterocycles. The average Bonchev–Trinajstić information content (AvgIpc) is 2.80. The minimum atomic E-state index is -1.04. The van der Waals surface area contributed by atoms with Crippen molar-refractivity contribution in [2.24, 2.45) is 11.8 Å². The summed E-state index contributed by atoms with van der Waals surface area (Å²) in [5.74, 6) is -1.31. The fourth-order valence-electron chi connectivity index (χ4n) is 3.42. The Morgan fingerprint density at radius 1 is 1.17 bits per heavy atom. The van der Waals surface area contributed by atoms with Crippen molar-refractivity contribution in [1.29, 1.82) is 0 Å². The van der Waals surface area contributed by atoms with Crippen LogP contribution < -0.4 is 4.74 Å². The van der Waals surface area contributed by atoms with Crippen LogP contribution in [0.25, 0.3) is 0 Å². The maximum Gasteiger partial charge on any atom is 0.233 e. The molecule has 124 valence electrons. The number of likely N-dealkylation sites (tertiary alicyclic amines) is 1. The van der Waals surface area contributed by atoms with E-state index in [0.29, 0.717) is 0 Å². The van der Waals surface area contributed by atoms with E-state index in [0.717, 1.165) is 30.6 Å². The van der Waals surface area contributed by atoms with Crippen molar-refractivity contribution in [3.05, 3.63) is 30.1 Å². The molecule has 23 heavy (non-hydrogen) atoms. The summed E-state index contributed by atoms with van der Waals surface area (Å²) in [4.78, 5) is 25.8. The van der Waals surface area contributed by atoms with E-state index in [4.69, 9.17) is 4.74 Å². The van der Waals surface area contributed by atoms with Crippen molar-refractivity contribution in [1.82, 2.24) is 4.90 Å². The normalized spacial score (nSPS) is 25.4. The second-order valence-corrected chi connectivity index (χ2v) is 6.18. The number of rotatable bonds is 5. The van der Waals surface area contributed by atoms with Crippen molar-refractivity contribution in [3.63, 3.8) is 0 Å². The molecule has 6 heteroatoms. The van der Waals surface area contributed by atoms with Crippen LogP contribution in [0, 0.1) is 17.7 Å². The van der Waals surface area contributed by atoms with Gasteiger partial charge in [-0.15, -0.1) is 0 Å². The number of carbonyl (C=O) groups is 2. The first-order valence-corrected chi connectivity index (χ1v) is 7.98. The van der Waals surface area contributed by atoms with Crippen LogP contribution in [0.5, 0.6) is 5.75 Å². The predicted octanol–water partition coefficient (Wildman–Crippen LogP) is 1.74. The molecule has 1 aliphatic carbocycles. The molecule has 3 unspecified atom stereocenters. The lowest BCUT2D eigenvalue weighted by atomic mass is 9.81. The molecule has 3 atom stereocenters. The number of nitrogens with zero attached hydrogens (tertiary/aromatic N) is 1. The molecule has 0 bridgehead atoms. The molecule has 3 rings (SSSR count). The summed E-state index contributed by atoms with van der Waals surface area (Å²) in [6, 6.07) is 5.90. The van der Waals surface area contributed by atoms with E-state index in [9.17, 15) is 19.1 Å². The molecule has 2 amide bonds. The lowest BCUT2D eigenvalue weighted by Crippen LogP contribution is -2.40. The summed E-state index contributed by atoms with van der Waals surface area (Å²) in [6.07, 6.45) is 2.38. The van der Waals surface area contributed by atoms with Gasteiger partial charge in [-0.1, -0.05) is 25.0 Å². The number of hydrogen-bond acceptors (Lipinski definition) is 4. The number of aliphatic hydroxyl groups is 1. The number of aliphatic hydroxyl groups excluding tert-OH is 1. The molecule has 1 aliphatic heterocycles. The second kappa shape index (κ2) is 6.66. The van der Waals surface area contributed by atoms with Crippen LogP contribution in [0.2, 0.25) is 0 Å². The second-order valence-electron chi connectivity index (χ2n) is 6.18. The average molecular weight is 321 g/mol. The molecule has 2 aliphatic rings. The zero-order chi connectivity index (χ0) is 16.4. The molecular formula is C17H20FNO4. The van der Waals surface area contributed by atoms with Crippen molar-refractivity contribution in [2.45, 2.75) is 31.8 Å². The topological polar surface area (TPSA) is 66.8 Å². The standard InChI is InChI=1S/C17H20FNO4/c18-14-7-3-4-8-15(14)23-10-11(20)9-19-16(21)12-5-1-2-6-13(12)17(19)22/h3-4,7-8,11-13,20H,1-2,5-6,9-10H2. The fourth-order valence-corrected chi connectivity index (χ4v) is 3.42. The minimum absolute atomic E-state index is 0.0410. The number of fused-ring (bicyclic) bond motifs is 1. The highest BCUT2D eigenvalue weighted by molar-refractivity contribution is 6.05. The number of amides is 2. The molecule has 0 radical (unpaired) electrons. The number of carbonyl (C=O) groups excluding carboxylic acids is 2. The van der Waals surface area contributed by atoms with Crippen molar-refractivity contribution < 1.29 is 23.8 Å². The summed E-state index contributed by atoms with van der Waals surface area (Å²) < 4.78 is 18.7. The van der Waals surface area contributed by atoms with Gasteiger partial charge in [0.15, 0.2) is 11.6 Å². The van der Waals surface area contributed by atoms with Gasteiger partial charge in [0.05, 0.1) is 18.4 Å². The third kappa shape index (κ3) is 3.22. The van der Waals surface area contributed by atoms with E-state index in [2.05, 4.69) is 0 Å². The highest BCUT2D eigenvalue weighted by Gasteiger charge is 2.48. The SMILES string of the molecule is O=C1C2CCCCC2C(=O)N1CC(O)COc1ccccc1F. The van der Waals surface area contributed by atoms with E-state index in [1.165, 1.54) is 12.1 Å². The third-order valence-electron chi connectivity index (χ3n) is 4.59. The maximum atomic E-state index is 13.4. The number of β-amino-alcohol motifs (C(OH)–C–C–N with tert-alkyl or cyclic N) is 1. The Morgan fingerprint density at radius 3 is 2.39 bits per heavy atom. The quantitative estimate of drug-likeness (QED) is 0.839. The molecule has 1 aromatic rings. The summed E-state index contributed by atoms with van der Waals surface area (Å²) in [7, 11) is 0. The summed E-state index contributed by atoms with van der Waals surface area (Å²) >= 11 is 0. The molecule has 1 heterocycles. The number of imide groups is 1. The monoisotopic (exact) mass is 321 g/mol. The molecule has 1 N–H and O–H groups in total. The Hall–Kier alpha value is -1.95. The van der Waals surface area contributed by atoms with E-state index < -0.39 is 11.9 Å². The first-order chi connectivity index (χ1) is 11.1. The number of ether oxygens (including phenoxy) is 1. The highest BCUT2D eigenvalue weighted by atomic mass is 19.1. The van der Waals surface area contributed by atoms with Crippen LogP contribution in [-0.4, -0.2) is 41.1 Å². The summed E-state index contributed by atoms with van der Waals surface area (Å²) in [5.41, 5.74) is 0. The smallest absolute Gasteiger partial charge is 0.233 e. The van der Waals surface area contributed by atoms with Crippen LogP contribution in [0.15, 0.2) is 24.3 Å². The van der Waals surface area contributed by atoms with Crippen molar-refractivity contribution >= 4 is 11.8 Å². The van der Waals surface area contributed by atoms with Crippen molar-refractivity contribution in [3.8, 4) is 5.75 Å². The zero-order valence-corrected chi connectivity index (χ0v) is 12.8. The Labute approximate surface area is 134 Å². The van der Waals surface area contributed by atoms with Gasteiger partial charge in [0, 0.05) is 0 Å². The fraction of sp³-hybridized carbons (Fsp3) is 0.529. The Kier molecular flexibility index (Phi) is 4.61. The van der Waals surface area contributed by atoms with E-state index in [1.54, 1.807) is 12.1 Å². The van der Waals surface area contributed by atoms with Crippen LogP contribution in [0.3, 0.4) is 0 Å². The molecule has 1 saturated heterocycles. The van der Waals surface area contributed by atoms with Crippen LogP contribution >= 0.6 is 0 Å². The first-order valence-electron chi connectivity index (χ1n) is 7.98. The summed E-state index contributed by atoms with van der Waals surface area (Å²) in [5, 5.41) is 10.0. The molecule has 1 aromatic carbocycles. The molecule has 1 saturated carbocycles. The van der Waals surface area contributed by atoms with Crippen LogP contribution in [-0.2, 0) is 9.59 Å². The van der Waals surface area contributed by atoms with Gasteiger partial charge in [-0.2, -0.15) is 0 Å². The molecule has 5 nitrogen and oxygen atoms in total. The van der Waals surface area contributed by atoms with Gasteiger partial charge in [0.25, 0.3) is 0 Å². The van der Waals surface area contributed by atoms with Gasteiger partial charge in [-0.05, 0) is 25.0 Å². The van der Waals surface area contributed by atoms with E-state index in [1.807, 2.05) is 0 Å². The minimum Gasteiger partial charge on any atom is -0.488 e. The number of hydrogen-bond donors (Lipinski definition) is 1. The molecular weight excluding hydrogens is 301 g/mol. The zero-order valence-electron chi connectivity index (χ0n) is 12.8. The largest absolute Gasteiger partial charge is 0.488 e. The number of halogens is 1. The Balaban J connectivity index is 1.57.